The van der Waals surface area contributed by atoms with Crippen LogP contribution in [-0.4, -0.2) is 33.7 Å². The van der Waals surface area contributed by atoms with Gasteiger partial charge in [0.2, 0.25) is 0 Å². The number of hydrogen-bond donors (Lipinski definition) is 2. The van der Waals surface area contributed by atoms with Crippen LogP contribution in [0.5, 0.6) is 0 Å². The number of nitrogen functional groups attached to an aromatic ring is 1. The highest BCUT2D eigenvalue weighted by molar-refractivity contribution is 6.21. The maximum Gasteiger partial charge on any atom is 0.261 e. The van der Waals surface area contributed by atoms with Gasteiger partial charge in [0.15, 0.2) is 0 Å². The summed E-state index contributed by atoms with van der Waals surface area (Å²) in [7, 11) is 1.46. The SMILES string of the molecule is Cc1nc(N)cc(Nc2ccc3c(c2)C(=O)N(C)C3=O)n1. The molecule has 21 heavy (non-hydrogen) atoms. The van der Waals surface area contributed by atoms with Crippen LogP contribution in [0.2, 0.25) is 0 Å². The molecule has 3 rings (SSSR count). The summed E-state index contributed by atoms with van der Waals surface area (Å²) >= 11 is 0. The van der Waals surface area contributed by atoms with Gasteiger partial charge in [-0.25, -0.2) is 9.97 Å². The Hall–Kier alpha value is -2.96. The number of carbonyl (C=O) groups is 2. The lowest BCUT2D eigenvalue weighted by atomic mass is 10.1. The number of fused-ring (bicyclic) bond motifs is 1. The van der Waals surface area contributed by atoms with Crippen molar-refractivity contribution in [2.45, 2.75) is 6.92 Å². The van der Waals surface area contributed by atoms with Gasteiger partial charge in [-0.2, -0.15) is 0 Å². The van der Waals surface area contributed by atoms with E-state index in [1.165, 1.54) is 7.05 Å². The number of aryl methyl sites for hydroxylation is 1. The minimum Gasteiger partial charge on any atom is -0.384 e. The van der Waals surface area contributed by atoms with Crippen LogP contribution in [0.4, 0.5) is 17.3 Å². The summed E-state index contributed by atoms with van der Waals surface area (Å²) in [5.74, 6) is 0.840. The second-order valence-corrected chi connectivity index (χ2v) is 4.78. The third-order valence-corrected chi connectivity index (χ3v) is 3.22. The molecule has 1 aliphatic heterocycles. The Morgan fingerprint density at radius 3 is 2.52 bits per heavy atom. The van der Waals surface area contributed by atoms with Crippen molar-refractivity contribution in [3.05, 3.63) is 41.2 Å². The molecule has 2 amide bonds. The van der Waals surface area contributed by atoms with Gasteiger partial charge in [0, 0.05) is 18.8 Å². The largest absolute Gasteiger partial charge is 0.384 e. The zero-order valence-corrected chi connectivity index (χ0v) is 11.5. The van der Waals surface area contributed by atoms with Crippen molar-refractivity contribution in [3.63, 3.8) is 0 Å². The first kappa shape index (κ1) is 13.0. The standard InChI is InChI=1S/C14H13N5O2/c1-7-16-11(15)6-12(17-7)18-8-3-4-9-10(5-8)14(21)19(2)13(9)20/h3-6H,1-2H3,(H3,15,16,17,18). The maximum atomic E-state index is 12.0. The molecule has 1 aliphatic rings. The van der Waals surface area contributed by atoms with E-state index in [2.05, 4.69) is 15.3 Å². The van der Waals surface area contributed by atoms with E-state index in [1.54, 1.807) is 31.2 Å². The highest BCUT2D eigenvalue weighted by Crippen LogP contribution is 2.26. The van der Waals surface area contributed by atoms with Crippen molar-refractivity contribution < 1.29 is 9.59 Å². The molecule has 7 heteroatoms. The number of anilines is 3. The molecule has 0 aliphatic carbocycles. The molecule has 0 atom stereocenters. The summed E-state index contributed by atoms with van der Waals surface area (Å²) < 4.78 is 0. The lowest BCUT2D eigenvalue weighted by Crippen LogP contribution is -2.24. The van der Waals surface area contributed by atoms with Crippen molar-refractivity contribution in [1.82, 2.24) is 14.9 Å². The number of nitrogens with zero attached hydrogens (tertiary/aromatic N) is 3. The molecule has 0 bridgehead atoms. The van der Waals surface area contributed by atoms with E-state index in [1.807, 2.05) is 0 Å². The molecule has 3 N–H and O–H groups in total. The molecule has 2 heterocycles. The zero-order valence-electron chi connectivity index (χ0n) is 11.5. The van der Waals surface area contributed by atoms with Crippen LogP contribution in [0.25, 0.3) is 0 Å². The number of imide groups is 1. The third kappa shape index (κ3) is 2.18. The topological polar surface area (TPSA) is 101 Å². The summed E-state index contributed by atoms with van der Waals surface area (Å²) in [6.45, 7) is 1.74. The number of nitrogens with one attached hydrogen (secondary N) is 1. The first-order chi connectivity index (χ1) is 9.95. The van der Waals surface area contributed by atoms with Crippen molar-refractivity contribution in [1.29, 1.82) is 0 Å². The molecule has 1 aromatic heterocycles. The minimum atomic E-state index is -0.308. The van der Waals surface area contributed by atoms with Crippen molar-refractivity contribution >= 4 is 29.1 Å². The molecule has 0 saturated heterocycles. The predicted octanol–water partition coefficient (Wildman–Crippen LogP) is 1.34. The van der Waals surface area contributed by atoms with Gasteiger partial charge < -0.3 is 11.1 Å². The number of aromatic nitrogens is 2. The van der Waals surface area contributed by atoms with E-state index in [0.29, 0.717) is 34.3 Å². The Morgan fingerprint density at radius 1 is 1.10 bits per heavy atom. The van der Waals surface area contributed by atoms with Crippen LogP contribution in [0, 0.1) is 6.92 Å². The predicted molar refractivity (Wildman–Crippen MR) is 77.3 cm³/mol. The average molecular weight is 283 g/mol. The van der Waals surface area contributed by atoms with Crippen molar-refractivity contribution in [3.8, 4) is 0 Å². The van der Waals surface area contributed by atoms with Gasteiger partial charge in [-0.1, -0.05) is 0 Å². The minimum absolute atomic E-state index is 0.288. The van der Waals surface area contributed by atoms with Crippen LogP contribution in [-0.2, 0) is 0 Å². The molecule has 7 nitrogen and oxygen atoms in total. The van der Waals surface area contributed by atoms with Crippen LogP contribution < -0.4 is 11.1 Å². The van der Waals surface area contributed by atoms with Gasteiger partial charge >= 0.3 is 0 Å². The quantitative estimate of drug-likeness (QED) is 0.806. The Kier molecular flexibility index (Phi) is 2.83. The molecule has 0 unspecified atom stereocenters. The lowest BCUT2D eigenvalue weighted by molar-refractivity contribution is 0.0693. The maximum absolute atomic E-state index is 12.0. The van der Waals surface area contributed by atoms with Crippen LogP contribution in [0.3, 0.4) is 0 Å². The van der Waals surface area contributed by atoms with E-state index in [9.17, 15) is 9.59 Å². The molecule has 106 valence electrons. The van der Waals surface area contributed by atoms with E-state index in [4.69, 9.17) is 5.73 Å². The molecule has 1 aromatic carbocycles. The molecule has 2 aromatic rings. The van der Waals surface area contributed by atoms with Gasteiger partial charge in [0.25, 0.3) is 11.8 Å². The Morgan fingerprint density at radius 2 is 1.81 bits per heavy atom. The summed E-state index contributed by atoms with van der Waals surface area (Å²) in [4.78, 5) is 33.1. The summed E-state index contributed by atoms with van der Waals surface area (Å²) in [6.07, 6.45) is 0. The number of amides is 2. The Balaban J connectivity index is 1.95. The van der Waals surface area contributed by atoms with Gasteiger partial charge in [-0.3, -0.25) is 14.5 Å². The number of carbonyl (C=O) groups excluding carboxylic acids is 2. The summed E-state index contributed by atoms with van der Waals surface area (Å²) in [5, 5.41) is 3.05. The molecule has 0 spiro atoms. The van der Waals surface area contributed by atoms with Crippen molar-refractivity contribution in [2.24, 2.45) is 0 Å². The highest BCUT2D eigenvalue weighted by Gasteiger charge is 2.32. The van der Waals surface area contributed by atoms with Crippen molar-refractivity contribution in [2.75, 3.05) is 18.1 Å². The summed E-state index contributed by atoms with van der Waals surface area (Å²) in [5.41, 5.74) is 7.11. The second kappa shape index (κ2) is 4.55. The van der Waals surface area contributed by atoms with E-state index >= 15 is 0 Å². The van der Waals surface area contributed by atoms with Gasteiger partial charge in [-0.15, -0.1) is 0 Å². The second-order valence-electron chi connectivity index (χ2n) is 4.78. The molecular formula is C14H13N5O2. The normalized spacial score (nSPS) is 13.5. The van der Waals surface area contributed by atoms with Crippen LogP contribution >= 0.6 is 0 Å². The molecule has 0 saturated carbocycles. The zero-order chi connectivity index (χ0) is 15.1. The average Bonchev–Trinajstić information content (AvgIpc) is 2.63. The molecule has 0 fully saturated rings. The fourth-order valence-corrected chi connectivity index (χ4v) is 2.24. The first-order valence-electron chi connectivity index (χ1n) is 6.30. The third-order valence-electron chi connectivity index (χ3n) is 3.22. The molecular weight excluding hydrogens is 270 g/mol. The number of benzene rings is 1. The van der Waals surface area contributed by atoms with Crippen LogP contribution in [0.15, 0.2) is 24.3 Å². The van der Waals surface area contributed by atoms with E-state index < -0.39 is 0 Å². The van der Waals surface area contributed by atoms with Gasteiger partial charge in [-0.05, 0) is 25.1 Å². The monoisotopic (exact) mass is 283 g/mol. The van der Waals surface area contributed by atoms with Gasteiger partial charge in [0.05, 0.1) is 11.1 Å². The van der Waals surface area contributed by atoms with Gasteiger partial charge in [0.1, 0.15) is 17.5 Å². The Labute approximate surface area is 120 Å². The van der Waals surface area contributed by atoms with Crippen LogP contribution in [0.1, 0.15) is 26.5 Å². The fraction of sp³-hybridized carbons (Fsp3) is 0.143. The first-order valence-corrected chi connectivity index (χ1v) is 6.30. The lowest BCUT2D eigenvalue weighted by Gasteiger charge is -2.07. The number of hydrogen-bond acceptors (Lipinski definition) is 6. The van der Waals surface area contributed by atoms with E-state index in [0.717, 1.165) is 4.90 Å². The van der Waals surface area contributed by atoms with E-state index in [-0.39, 0.29) is 11.8 Å². The summed E-state index contributed by atoms with van der Waals surface area (Å²) in [6, 6.07) is 6.57. The molecule has 0 radical (unpaired) electrons. The highest BCUT2D eigenvalue weighted by atomic mass is 16.2. The number of nitrogens with two attached hydrogens (primary N) is 1. The Bertz CT molecular complexity index is 752. The number of rotatable bonds is 2. The fourth-order valence-electron chi connectivity index (χ4n) is 2.24. The smallest absolute Gasteiger partial charge is 0.261 e.